The molecule has 0 bridgehead atoms. The third-order valence-corrected chi connectivity index (χ3v) is 7.14. The molecule has 4 atom stereocenters. The van der Waals surface area contributed by atoms with Gasteiger partial charge in [0, 0.05) is 31.5 Å². The number of ether oxygens (including phenoxy) is 1. The molecule has 160 valence electrons. The highest BCUT2D eigenvalue weighted by Crippen LogP contribution is 2.43. The number of hydrogen-bond acceptors (Lipinski definition) is 3. The molecule has 7 heteroatoms. The molecule has 6 nitrogen and oxygen atoms in total. The van der Waals surface area contributed by atoms with Gasteiger partial charge in [-0.3, -0.25) is 0 Å². The molecular formula is C23H29FN4O2. The van der Waals surface area contributed by atoms with Crippen molar-refractivity contribution >= 4 is 6.03 Å². The zero-order valence-electron chi connectivity index (χ0n) is 17.3. The summed E-state index contributed by atoms with van der Waals surface area (Å²) in [6.07, 6.45) is 8.70. The number of benzene rings is 1. The van der Waals surface area contributed by atoms with Gasteiger partial charge in [0.2, 0.25) is 0 Å². The number of imidazole rings is 1. The van der Waals surface area contributed by atoms with Crippen LogP contribution in [-0.2, 0) is 0 Å². The Kier molecular flexibility index (Phi) is 5.13. The van der Waals surface area contributed by atoms with Gasteiger partial charge in [0.05, 0.1) is 6.04 Å². The van der Waals surface area contributed by atoms with Crippen LogP contribution in [0.1, 0.15) is 44.0 Å². The molecule has 5 rings (SSSR count). The number of carbonyl (C=O) groups excluding carboxylic acids is 1. The molecule has 1 aliphatic heterocycles. The Morgan fingerprint density at radius 1 is 1.20 bits per heavy atom. The molecule has 3 aliphatic rings. The fraction of sp³-hybridized carbons (Fsp3) is 0.565. The maximum atomic E-state index is 14.3. The average molecular weight is 413 g/mol. The van der Waals surface area contributed by atoms with Gasteiger partial charge in [0.15, 0.2) is 11.6 Å². The topological polar surface area (TPSA) is 59.4 Å². The Bertz CT molecular complexity index is 912. The second kappa shape index (κ2) is 7.93. The first-order chi connectivity index (χ1) is 14.6. The zero-order chi connectivity index (χ0) is 20.7. The van der Waals surface area contributed by atoms with E-state index in [2.05, 4.69) is 14.9 Å². The summed E-state index contributed by atoms with van der Waals surface area (Å²) in [7, 11) is 0. The molecule has 0 unspecified atom stereocenters. The van der Waals surface area contributed by atoms with Crippen LogP contribution in [-0.4, -0.2) is 45.7 Å². The molecule has 1 aromatic carbocycles. The van der Waals surface area contributed by atoms with E-state index in [0.717, 1.165) is 44.6 Å². The minimum absolute atomic E-state index is 0.0658. The third kappa shape index (κ3) is 3.66. The van der Waals surface area contributed by atoms with E-state index in [4.69, 9.17) is 4.74 Å². The molecule has 1 N–H and O–H groups in total. The molecule has 1 aromatic heterocycles. The van der Waals surface area contributed by atoms with Gasteiger partial charge in [-0.2, -0.15) is 0 Å². The minimum Gasteiger partial charge on any atom is -0.485 e. The Hall–Kier alpha value is -2.57. The van der Waals surface area contributed by atoms with E-state index in [9.17, 15) is 9.18 Å². The van der Waals surface area contributed by atoms with Gasteiger partial charge in [-0.1, -0.05) is 12.1 Å². The molecule has 3 fully saturated rings. The number of amides is 2. The highest BCUT2D eigenvalue weighted by Gasteiger charge is 2.45. The molecule has 0 radical (unpaired) electrons. The Labute approximate surface area is 176 Å². The lowest BCUT2D eigenvalue weighted by atomic mass is 9.77. The number of nitrogens with zero attached hydrogens (tertiary/aromatic N) is 3. The molecular weight excluding hydrogens is 383 g/mol. The third-order valence-electron chi connectivity index (χ3n) is 7.14. The van der Waals surface area contributed by atoms with Gasteiger partial charge in [-0.25, -0.2) is 14.2 Å². The highest BCUT2D eigenvalue weighted by molar-refractivity contribution is 5.75. The lowest BCUT2D eigenvalue weighted by Crippen LogP contribution is -2.46. The fourth-order valence-electron chi connectivity index (χ4n) is 5.24. The number of hydrogen-bond donors (Lipinski definition) is 1. The average Bonchev–Trinajstić information content (AvgIpc) is 3.31. The van der Waals surface area contributed by atoms with E-state index in [0.29, 0.717) is 23.6 Å². The molecule has 2 aliphatic carbocycles. The van der Waals surface area contributed by atoms with Gasteiger partial charge in [-0.15, -0.1) is 0 Å². The SMILES string of the molecule is Cc1nccn1[C@H]1C[C@H]2CN(C(=O)NC3CCC3)C[C@H]2C[C@@H]1Oc1ccccc1F. The summed E-state index contributed by atoms with van der Waals surface area (Å²) in [5.41, 5.74) is 0. The van der Waals surface area contributed by atoms with Crippen molar-refractivity contribution in [3.05, 3.63) is 48.3 Å². The predicted molar refractivity (Wildman–Crippen MR) is 111 cm³/mol. The quantitative estimate of drug-likeness (QED) is 0.828. The molecule has 0 spiro atoms. The first kappa shape index (κ1) is 19.4. The lowest BCUT2D eigenvalue weighted by molar-refractivity contribution is 0.0509. The maximum Gasteiger partial charge on any atom is 0.317 e. The largest absolute Gasteiger partial charge is 0.485 e. The van der Waals surface area contributed by atoms with Crippen LogP contribution in [0.4, 0.5) is 9.18 Å². The number of carbonyl (C=O) groups is 1. The van der Waals surface area contributed by atoms with Gasteiger partial charge < -0.3 is 19.5 Å². The summed E-state index contributed by atoms with van der Waals surface area (Å²) in [6, 6.07) is 7.07. The Morgan fingerprint density at radius 3 is 2.63 bits per heavy atom. The van der Waals surface area contributed by atoms with Crippen LogP contribution in [0, 0.1) is 24.6 Å². The van der Waals surface area contributed by atoms with Crippen molar-refractivity contribution in [1.82, 2.24) is 19.8 Å². The smallest absolute Gasteiger partial charge is 0.317 e. The van der Waals surface area contributed by atoms with Crippen molar-refractivity contribution in [2.75, 3.05) is 13.1 Å². The Morgan fingerprint density at radius 2 is 1.97 bits per heavy atom. The summed E-state index contributed by atoms with van der Waals surface area (Å²) in [6.45, 7) is 3.51. The van der Waals surface area contributed by atoms with Crippen molar-refractivity contribution in [2.45, 2.75) is 57.2 Å². The number of fused-ring (bicyclic) bond motifs is 1. The highest BCUT2D eigenvalue weighted by atomic mass is 19.1. The van der Waals surface area contributed by atoms with Crippen molar-refractivity contribution in [1.29, 1.82) is 0 Å². The maximum absolute atomic E-state index is 14.3. The molecule has 2 aromatic rings. The van der Waals surface area contributed by atoms with Crippen LogP contribution in [0.2, 0.25) is 0 Å². The van der Waals surface area contributed by atoms with Crippen LogP contribution < -0.4 is 10.1 Å². The first-order valence-corrected chi connectivity index (χ1v) is 11.0. The van der Waals surface area contributed by atoms with E-state index in [-0.39, 0.29) is 24.0 Å². The van der Waals surface area contributed by atoms with Crippen LogP contribution in [0.15, 0.2) is 36.7 Å². The van der Waals surface area contributed by atoms with Crippen molar-refractivity contribution in [2.24, 2.45) is 11.8 Å². The Balaban J connectivity index is 1.34. The van der Waals surface area contributed by atoms with Crippen LogP contribution in [0.25, 0.3) is 0 Å². The number of rotatable bonds is 4. The van der Waals surface area contributed by atoms with E-state index in [1.54, 1.807) is 24.4 Å². The molecule has 30 heavy (non-hydrogen) atoms. The summed E-state index contributed by atoms with van der Waals surface area (Å²) >= 11 is 0. The number of halogens is 1. The predicted octanol–water partition coefficient (Wildman–Crippen LogP) is 3.92. The second-order valence-electron chi connectivity index (χ2n) is 9.01. The molecule has 2 amide bonds. The number of aromatic nitrogens is 2. The summed E-state index contributed by atoms with van der Waals surface area (Å²) in [5, 5.41) is 3.17. The normalized spacial score (nSPS) is 28.7. The van der Waals surface area contributed by atoms with Crippen LogP contribution >= 0.6 is 0 Å². The van der Waals surface area contributed by atoms with Crippen molar-refractivity contribution in [3.8, 4) is 5.75 Å². The molecule has 2 saturated carbocycles. The molecule has 1 saturated heterocycles. The molecule has 2 heterocycles. The number of urea groups is 1. The zero-order valence-corrected chi connectivity index (χ0v) is 17.3. The van der Waals surface area contributed by atoms with Crippen molar-refractivity contribution < 1.29 is 13.9 Å². The van der Waals surface area contributed by atoms with Gasteiger partial charge >= 0.3 is 6.03 Å². The number of nitrogens with one attached hydrogen (secondary N) is 1. The monoisotopic (exact) mass is 412 g/mol. The summed E-state index contributed by atoms with van der Waals surface area (Å²) in [5.74, 6) is 1.67. The van der Waals surface area contributed by atoms with Crippen molar-refractivity contribution in [3.63, 3.8) is 0 Å². The van der Waals surface area contributed by atoms with E-state index in [1.165, 1.54) is 12.5 Å². The summed E-state index contributed by atoms with van der Waals surface area (Å²) < 4.78 is 22.7. The lowest BCUT2D eigenvalue weighted by Gasteiger charge is -2.39. The fourth-order valence-corrected chi connectivity index (χ4v) is 5.24. The summed E-state index contributed by atoms with van der Waals surface area (Å²) in [4.78, 5) is 19.0. The van der Waals surface area contributed by atoms with Crippen LogP contribution in [0.5, 0.6) is 5.75 Å². The first-order valence-electron chi connectivity index (χ1n) is 11.0. The second-order valence-corrected chi connectivity index (χ2v) is 9.01. The standard InChI is InChI=1S/C23H29FN4O2/c1-15-25-9-10-28(15)20-11-16-13-27(23(29)26-18-5-4-6-18)14-17(16)12-22(20)30-21-8-3-2-7-19(21)24/h2-3,7-10,16-18,20,22H,4-6,11-14H2,1H3,(H,26,29)/t16-,17+,20-,22-/m0/s1. The minimum atomic E-state index is -0.339. The van der Waals surface area contributed by atoms with Gasteiger partial charge in [0.1, 0.15) is 11.9 Å². The van der Waals surface area contributed by atoms with E-state index in [1.807, 2.05) is 18.0 Å². The van der Waals surface area contributed by atoms with Gasteiger partial charge in [-0.05, 0) is 63.0 Å². The number of likely N-dealkylation sites (tertiary alicyclic amines) is 1. The van der Waals surface area contributed by atoms with E-state index < -0.39 is 0 Å². The van der Waals surface area contributed by atoms with Crippen LogP contribution in [0.3, 0.4) is 0 Å². The number of aryl methyl sites for hydroxylation is 1. The number of para-hydroxylation sites is 1. The van der Waals surface area contributed by atoms with E-state index >= 15 is 0 Å². The van der Waals surface area contributed by atoms with Gasteiger partial charge in [0.25, 0.3) is 0 Å².